The molecule has 0 spiro atoms. The molecule has 0 fully saturated rings. The summed E-state index contributed by atoms with van der Waals surface area (Å²) in [4.78, 5) is 30.6. The van der Waals surface area contributed by atoms with Crippen LogP contribution in [-0.2, 0) is 6.42 Å². The van der Waals surface area contributed by atoms with Crippen LogP contribution in [0.3, 0.4) is 0 Å². The van der Waals surface area contributed by atoms with Crippen molar-refractivity contribution in [2.75, 3.05) is 18.5 Å². The minimum atomic E-state index is -0.409. The summed E-state index contributed by atoms with van der Waals surface area (Å²) in [5.74, 6) is -1.02. The summed E-state index contributed by atoms with van der Waals surface area (Å²) < 4.78 is 13.6. The number of halogens is 1. The predicted molar refractivity (Wildman–Crippen MR) is 106 cm³/mol. The van der Waals surface area contributed by atoms with Gasteiger partial charge >= 0.3 is 0 Å². The number of carbonyl (C=O) groups is 2. The number of anilines is 1. The monoisotopic (exact) mass is 377 g/mol. The average molecular weight is 377 g/mol. The van der Waals surface area contributed by atoms with E-state index in [0.29, 0.717) is 12.0 Å². The predicted octanol–water partition coefficient (Wildman–Crippen LogP) is 3.47. The lowest BCUT2D eigenvalue weighted by molar-refractivity contribution is 0.0948. The molecule has 1 heterocycles. The number of nitrogens with zero attached hydrogens (tertiary/aromatic N) is 2. The van der Waals surface area contributed by atoms with Crippen molar-refractivity contribution in [2.45, 2.75) is 6.42 Å². The normalized spacial score (nSPS) is 10.4. The van der Waals surface area contributed by atoms with Crippen LogP contribution in [0, 0.1) is 5.82 Å². The second-order valence-electron chi connectivity index (χ2n) is 6.21. The van der Waals surface area contributed by atoms with Crippen molar-refractivity contribution >= 4 is 17.5 Å². The number of carbonyl (C=O) groups excluding carboxylic acids is 2. The molecule has 0 unspecified atom stereocenters. The van der Waals surface area contributed by atoms with Crippen LogP contribution in [0.25, 0.3) is 0 Å². The fourth-order valence-electron chi connectivity index (χ4n) is 2.72. The Morgan fingerprint density at radius 1 is 0.929 bits per heavy atom. The molecule has 0 aliphatic carbocycles. The third-order valence-corrected chi connectivity index (χ3v) is 4.29. The second kappa shape index (κ2) is 8.90. The van der Waals surface area contributed by atoms with E-state index in [2.05, 4.69) is 10.3 Å². The van der Waals surface area contributed by atoms with Gasteiger partial charge in [0.2, 0.25) is 0 Å². The van der Waals surface area contributed by atoms with Gasteiger partial charge < -0.3 is 10.2 Å². The number of pyridine rings is 1. The third-order valence-electron chi connectivity index (χ3n) is 4.29. The quantitative estimate of drug-likeness (QED) is 0.716. The number of amides is 2. The Morgan fingerprint density at radius 3 is 2.36 bits per heavy atom. The van der Waals surface area contributed by atoms with Crippen LogP contribution < -0.4 is 10.2 Å². The molecule has 142 valence electrons. The van der Waals surface area contributed by atoms with Crippen molar-refractivity contribution in [1.29, 1.82) is 0 Å². The largest absolute Gasteiger partial charge is 0.350 e. The molecule has 1 aromatic heterocycles. The van der Waals surface area contributed by atoms with Gasteiger partial charge in [0.05, 0.1) is 0 Å². The van der Waals surface area contributed by atoms with Crippen LogP contribution in [0.5, 0.6) is 0 Å². The summed E-state index contributed by atoms with van der Waals surface area (Å²) in [5, 5.41) is 2.71. The zero-order valence-electron chi connectivity index (χ0n) is 15.4. The molecule has 0 saturated carbocycles. The van der Waals surface area contributed by atoms with Crippen molar-refractivity contribution in [1.82, 2.24) is 10.3 Å². The van der Waals surface area contributed by atoms with Crippen molar-refractivity contribution in [3.63, 3.8) is 0 Å². The molecule has 28 heavy (non-hydrogen) atoms. The van der Waals surface area contributed by atoms with Crippen LogP contribution in [-0.4, -0.2) is 30.4 Å². The highest BCUT2D eigenvalue weighted by Gasteiger charge is 2.17. The van der Waals surface area contributed by atoms with Gasteiger partial charge in [-0.1, -0.05) is 42.5 Å². The molecule has 2 aromatic carbocycles. The van der Waals surface area contributed by atoms with E-state index in [1.807, 2.05) is 30.3 Å². The van der Waals surface area contributed by atoms with Gasteiger partial charge in [-0.3, -0.25) is 9.59 Å². The molecule has 3 aromatic rings. The summed E-state index contributed by atoms with van der Waals surface area (Å²) >= 11 is 0. The van der Waals surface area contributed by atoms with Crippen LogP contribution in [0.15, 0.2) is 72.8 Å². The summed E-state index contributed by atoms with van der Waals surface area (Å²) in [6, 6.07) is 20.3. The Labute approximate surface area is 162 Å². The number of hydrogen-bond acceptors (Lipinski definition) is 3. The van der Waals surface area contributed by atoms with Gasteiger partial charge in [0.25, 0.3) is 11.8 Å². The van der Waals surface area contributed by atoms with E-state index in [9.17, 15) is 14.0 Å². The number of para-hydroxylation sites is 1. The van der Waals surface area contributed by atoms with Gasteiger partial charge in [-0.25, -0.2) is 9.37 Å². The van der Waals surface area contributed by atoms with E-state index < -0.39 is 5.91 Å². The molecule has 0 saturated heterocycles. The zero-order valence-corrected chi connectivity index (χ0v) is 15.4. The first-order valence-corrected chi connectivity index (χ1v) is 8.88. The zero-order chi connectivity index (χ0) is 19.9. The number of benzene rings is 2. The smallest absolute Gasteiger partial charge is 0.276 e. The summed E-state index contributed by atoms with van der Waals surface area (Å²) in [6.07, 6.45) is 0.369. The van der Waals surface area contributed by atoms with Gasteiger partial charge in [0.1, 0.15) is 17.2 Å². The van der Waals surface area contributed by atoms with Crippen molar-refractivity contribution in [3.8, 4) is 0 Å². The summed E-state index contributed by atoms with van der Waals surface area (Å²) in [6.45, 7) is 0.267. The van der Waals surface area contributed by atoms with E-state index >= 15 is 0 Å². The van der Waals surface area contributed by atoms with Crippen molar-refractivity contribution in [3.05, 3.63) is 95.6 Å². The molecular formula is C22H20FN3O2. The molecule has 0 aliphatic heterocycles. The first kappa shape index (κ1) is 19.2. The third kappa shape index (κ3) is 4.59. The topological polar surface area (TPSA) is 62.3 Å². The first-order chi connectivity index (χ1) is 13.6. The van der Waals surface area contributed by atoms with Gasteiger partial charge in [-0.05, 0) is 42.3 Å². The molecule has 0 bridgehead atoms. The van der Waals surface area contributed by atoms with Crippen molar-refractivity contribution in [2.24, 2.45) is 0 Å². The minimum Gasteiger partial charge on any atom is -0.350 e. The highest BCUT2D eigenvalue weighted by molar-refractivity contribution is 6.05. The van der Waals surface area contributed by atoms with E-state index in [1.165, 1.54) is 17.0 Å². The standard InChI is InChI=1S/C22H20FN3O2/c1-26(17-9-3-2-4-10-17)22(28)20-13-7-12-19(25-20)21(27)24-15-14-16-8-5-6-11-18(16)23/h2-13H,14-15H2,1H3,(H,24,27). The van der Waals surface area contributed by atoms with Crippen LogP contribution in [0.2, 0.25) is 0 Å². The molecule has 1 N–H and O–H groups in total. The Kier molecular flexibility index (Phi) is 6.11. The maximum absolute atomic E-state index is 13.6. The highest BCUT2D eigenvalue weighted by Crippen LogP contribution is 2.14. The molecule has 3 rings (SSSR count). The molecule has 5 nitrogen and oxygen atoms in total. The Bertz CT molecular complexity index is 976. The summed E-state index contributed by atoms with van der Waals surface area (Å²) in [7, 11) is 1.65. The fraction of sp³-hybridized carbons (Fsp3) is 0.136. The molecule has 0 aliphatic rings. The lowest BCUT2D eigenvalue weighted by atomic mass is 10.1. The minimum absolute atomic E-state index is 0.140. The Balaban J connectivity index is 1.64. The van der Waals surface area contributed by atoms with E-state index in [0.717, 1.165) is 5.69 Å². The second-order valence-corrected chi connectivity index (χ2v) is 6.21. The lowest BCUT2D eigenvalue weighted by Gasteiger charge is -2.17. The fourth-order valence-corrected chi connectivity index (χ4v) is 2.72. The molecule has 0 radical (unpaired) electrons. The van der Waals surface area contributed by atoms with E-state index in [4.69, 9.17) is 0 Å². The van der Waals surface area contributed by atoms with E-state index in [1.54, 1.807) is 37.4 Å². The SMILES string of the molecule is CN(C(=O)c1cccc(C(=O)NCCc2ccccc2F)n1)c1ccccc1. The van der Waals surface area contributed by atoms with Crippen LogP contribution in [0.1, 0.15) is 26.5 Å². The molecule has 0 atom stereocenters. The lowest BCUT2D eigenvalue weighted by Crippen LogP contribution is -2.30. The summed E-state index contributed by atoms with van der Waals surface area (Å²) in [5.41, 5.74) is 1.58. The van der Waals surface area contributed by atoms with Gasteiger partial charge in [0.15, 0.2) is 0 Å². The van der Waals surface area contributed by atoms with Crippen LogP contribution >= 0.6 is 0 Å². The Morgan fingerprint density at radius 2 is 1.61 bits per heavy atom. The van der Waals surface area contributed by atoms with Gasteiger partial charge in [0, 0.05) is 19.3 Å². The molecule has 6 heteroatoms. The van der Waals surface area contributed by atoms with Gasteiger partial charge in [-0.15, -0.1) is 0 Å². The number of hydrogen-bond donors (Lipinski definition) is 1. The van der Waals surface area contributed by atoms with Gasteiger partial charge in [-0.2, -0.15) is 0 Å². The molecular weight excluding hydrogens is 357 g/mol. The van der Waals surface area contributed by atoms with E-state index in [-0.39, 0.29) is 29.7 Å². The highest BCUT2D eigenvalue weighted by atomic mass is 19.1. The molecule has 2 amide bonds. The number of rotatable bonds is 6. The Hall–Kier alpha value is -3.54. The van der Waals surface area contributed by atoms with Crippen LogP contribution in [0.4, 0.5) is 10.1 Å². The number of aromatic nitrogens is 1. The average Bonchev–Trinajstić information content (AvgIpc) is 2.74. The first-order valence-electron chi connectivity index (χ1n) is 8.88. The van der Waals surface area contributed by atoms with Crippen molar-refractivity contribution < 1.29 is 14.0 Å². The number of nitrogens with one attached hydrogen (secondary N) is 1. The maximum atomic E-state index is 13.6. The maximum Gasteiger partial charge on any atom is 0.276 e.